The SMILES string of the molecule is C/C(CC(=O)CC(C)C(=O)O)=C1/CC(=O)[C@@]2(C)C3=C(C(=O)C[C@]12C)[C@@]1(C)CC[C@H](O)C(C)(C)[C@@H]1CC3=O. The first-order valence-corrected chi connectivity index (χ1v) is 13.4. The highest BCUT2D eigenvalue weighted by molar-refractivity contribution is 6.17. The molecule has 4 aliphatic rings. The summed E-state index contributed by atoms with van der Waals surface area (Å²) in [6.07, 6.45) is 0.811. The summed E-state index contributed by atoms with van der Waals surface area (Å²) in [4.78, 5) is 65.5. The highest BCUT2D eigenvalue weighted by Crippen LogP contribution is 2.69. The minimum absolute atomic E-state index is 0.0197. The minimum atomic E-state index is -1.17. The van der Waals surface area contributed by atoms with Gasteiger partial charge in [-0.1, -0.05) is 45.8 Å². The van der Waals surface area contributed by atoms with E-state index in [1.54, 1.807) is 13.8 Å². The van der Waals surface area contributed by atoms with Crippen molar-refractivity contribution in [3.05, 3.63) is 22.3 Å². The zero-order valence-corrected chi connectivity index (χ0v) is 23.1. The van der Waals surface area contributed by atoms with Crippen LogP contribution in [0.4, 0.5) is 0 Å². The van der Waals surface area contributed by atoms with Gasteiger partial charge in [0.15, 0.2) is 11.6 Å². The van der Waals surface area contributed by atoms with E-state index >= 15 is 0 Å². The molecule has 4 aliphatic carbocycles. The van der Waals surface area contributed by atoms with Gasteiger partial charge in [0.25, 0.3) is 0 Å². The summed E-state index contributed by atoms with van der Waals surface area (Å²) in [6, 6.07) is 0. The van der Waals surface area contributed by atoms with E-state index in [0.29, 0.717) is 29.6 Å². The van der Waals surface area contributed by atoms with Crippen LogP contribution < -0.4 is 0 Å². The van der Waals surface area contributed by atoms with Crippen LogP contribution in [-0.2, 0) is 24.0 Å². The molecule has 1 unspecified atom stereocenters. The van der Waals surface area contributed by atoms with Crippen molar-refractivity contribution in [3.8, 4) is 0 Å². The van der Waals surface area contributed by atoms with Crippen molar-refractivity contribution >= 4 is 29.1 Å². The van der Waals surface area contributed by atoms with Crippen LogP contribution in [0.2, 0.25) is 0 Å². The molecule has 0 heterocycles. The summed E-state index contributed by atoms with van der Waals surface area (Å²) in [5, 5.41) is 19.9. The molecule has 37 heavy (non-hydrogen) atoms. The summed E-state index contributed by atoms with van der Waals surface area (Å²) in [7, 11) is 0. The Labute approximate surface area is 218 Å². The molecule has 6 atom stereocenters. The third-order valence-electron chi connectivity index (χ3n) is 10.8. The first kappa shape index (κ1) is 27.6. The van der Waals surface area contributed by atoms with Crippen LogP contribution >= 0.6 is 0 Å². The summed E-state index contributed by atoms with van der Waals surface area (Å²) in [5.41, 5.74) is -0.969. The lowest BCUT2D eigenvalue weighted by molar-refractivity contribution is -0.143. The fourth-order valence-electron chi connectivity index (χ4n) is 8.30. The number of aliphatic carboxylic acids is 1. The Bertz CT molecular complexity index is 1190. The highest BCUT2D eigenvalue weighted by atomic mass is 16.4. The third kappa shape index (κ3) is 3.67. The van der Waals surface area contributed by atoms with Crippen LogP contribution in [0.25, 0.3) is 0 Å². The molecular weight excluding hydrogens is 472 g/mol. The Hall–Kier alpha value is -2.41. The zero-order chi connectivity index (χ0) is 27.9. The van der Waals surface area contributed by atoms with Crippen LogP contribution in [0.5, 0.6) is 0 Å². The average Bonchev–Trinajstić information content (AvgIpc) is 2.99. The van der Waals surface area contributed by atoms with Crippen molar-refractivity contribution in [1.82, 2.24) is 0 Å². The van der Waals surface area contributed by atoms with Crippen LogP contribution in [0.15, 0.2) is 22.3 Å². The molecule has 2 fully saturated rings. The smallest absolute Gasteiger partial charge is 0.306 e. The standard InChI is InChI=1S/C30H40O7/c1-15(10-17(31)11-16(2)26(36)37)18-12-23(35)30(7)25-19(32)13-21-27(3,4)22(34)8-9-28(21,5)24(25)20(33)14-29(18,30)6/h16,21-22,34H,8-14H2,1-7H3,(H,36,37)/b18-15+/t16?,21-,22-,28-,29+,30-/m0/s1. The summed E-state index contributed by atoms with van der Waals surface area (Å²) >= 11 is 0. The first-order valence-electron chi connectivity index (χ1n) is 13.4. The number of fused-ring (bicyclic) bond motifs is 4. The Morgan fingerprint density at radius 1 is 1.03 bits per heavy atom. The van der Waals surface area contributed by atoms with Gasteiger partial charge in [0.1, 0.15) is 11.6 Å². The number of hydrogen-bond donors (Lipinski definition) is 2. The van der Waals surface area contributed by atoms with E-state index < -0.39 is 39.7 Å². The number of carboxylic acid groups (broad SMARTS) is 1. The number of carboxylic acids is 1. The molecule has 7 nitrogen and oxygen atoms in total. The lowest BCUT2D eigenvalue weighted by Gasteiger charge is -2.59. The topological polar surface area (TPSA) is 126 Å². The van der Waals surface area contributed by atoms with E-state index in [1.165, 1.54) is 6.92 Å². The number of hydrogen-bond acceptors (Lipinski definition) is 6. The molecule has 0 bridgehead atoms. The van der Waals surface area contributed by atoms with Gasteiger partial charge in [-0.2, -0.15) is 0 Å². The number of aliphatic hydroxyl groups is 1. The van der Waals surface area contributed by atoms with E-state index in [2.05, 4.69) is 0 Å². The largest absolute Gasteiger partial charge is 0.481 e. The Balaban J connectivity index is 1.82. The summed E-state index contributed by atoms with van der Waals surface area (Å²) in [6.45, 7) is 12.9. The molecule has 2 saturated carbocycles. The van der Waals surface area contributed by atoms with Gasteiger partial charge in [-0.25, -0.2) is 0 Å². The second-order valence-electron chi connectivity index (χ2n) is 13.3. The molecule has 202 valence electrons. The third-order valence-corrected chi connectivity index (χ3v) is 10.8. The summed E-state index contributed by atoms with van der Waals surface area (Å²) < 4.78 is 0. The molecule has 0 aromatic rings. The van der Waals surface area contributed by atoms with E-state index in [-0.39, 0.29) is 61.2 Å². The first-order chi connectivity index (χ1) is 16.9. The predicted molar refractivity (Wildman–Crippen MR) is 136 cm³/mol. The lowest BCUT2D eigenvalue weighted by atomic mass is 9.43. The fraction of sp³-hybridized carbons (Fsp3) is 0.700. The van der Waals surface area contributed by atoms with Crippen LogP contribution in [0.1, 0.15) is 93.4 Å². The Morgan fingerprint density at radius 2 is 1.65 bits per heavy atom. The maximum Gasteiger partial charge on any atom is 0.306 e. The van der Waals surface area contributed by atoms with Crippen molar-refractivity contribution in [2.75, 3.05) is 0 Å². The molecule has 0 aliphatic heterocycles. The predicted octanol–water partition coefficient (Wildman–Crippen LogP) is 4.40. The van der Waals surface area contributed by atoms with E-state index in [1.807, 2.05) is 27.7 Å². The quantitative estimate of drug-likeness (QED) is 0.523. The van der Waals surface area contributed by atoms with Gasteiger partial charge in [0.05, 0.1) is 17.4 Å². The van der Waals surface area contributed by atoms with Crippen LogP contribution in [0, 0.1) is 33.5 Å². The average molecular weight is 513 g/mol. The van der Waals surface area contributed by atoms with Gasteiger partial charge in [0.2, 0.25) is 0 Å². The lowest BCUT2D eigenvalue weighted by Crippen LogP contribution is -2.59. The molecule has 2 N–H and O–H groups in total. The molecule has 0 spiro atoms. The van der Waals surface area contributed by atoms with Gasteiger partial charge in [-0.05, 0) is 38.0 Å². The van der Waals surface area contributed by atoms with Gasteiger partial charge in [-0.3, -0.25) is 24.0 Å². The number of rotatable bonds is 5. The number of Topliss-reactive ketones (excluding diaryl/α,β-unsaturated/α-hetero) is 4. The van der Waals surface area contributed by atoms with Gasteiger partial charge >= 0.3 is 5.97 Å². The van der Waals surface area contributed by atoms with Crippen molar-refractivity contribution in [1.29, 1.82) is 0 Å². The highest BCUT2D eigenvalue weighted by Gasteiger charge is 2.69. The number of ketones is 4. The number of aliphatic hydroxyl groups excluding tert-OH is 1. The second kappa shape index (κ2) is 8.55. The van der Waals surface area contributed by atoms with Crippen molar-refractivity contribution in [2.24, 2.45) is 33.5 Å². The second-order valence-corrected chi connectivity index (χ2v) is 13.3. The maximum absolute atomic E-state index is 14.0. The molecule has 0 saturated heterocycles. The molecule has 0 radical (unpaired) electrons. The van der Waals surface area contributed by atoms with E-state index in [0.717, 1.165) is 5.57 Å². The molecular formula is C30H40O7. The molecule has 0 amide bonds. The minimum Gasteiger partial charge on any atom is -0.481 e. The molecule has 0 aromatic heterocycles. The summed E-state index contributed by atoms with van der Waals surface area (Å²) in [5.74, 6) is -2.66. The Kier molecular flexibility index (Phi) is 6.38. The van der Waals surface area contributed by atoms with Crippen molar-refractivity contribution < 1.29 is 34.2 Å². The normalized spacial score (nSPS) is 39.1. The molecule has 4 rings (SSSR count). The molecule has 7 heteroatoms. The van der Waals surface area contributed by atoms with Gasteiger partial charge in [-0.15, -0.1) is 0 Å². The monoisotopic (exact) mass is 512 g/mol. The van der Waals surface area contributed by atoms with Gasteiger partial charge in [0, 0.05) is 54.1 Å². The van der Waals surface area contributed by atoms with Crippen molar-refractivity contribution in [2.45, 2.75) is 99.5 Å². The van der Waals surface area contributed by atoms with Crippen molar-refractivity contribution in [3.63, 3.8) is 0 Å². The van der Waals surface area contributed by atoms with Gasteiger partial charge < -0.3 is 10.2 Å². The maximum atomic E-state index is 14.0. The van der Waals surface area contributed by atoms with Crippen LogP contribution in [-0.4, -0.2) is 45.4 Å². The number of allylic oxidation sites excluding steroid dienone is 4. The van der Waals surface area contributed by atoms with E-state index in [9.17, 15) is 29.1 Å². The number of carbonyl (C=O) groups excluding carboxylic acids is 4. The van der Waals surface area contributed by atoms with Crippen LogP contribution in [0.3, 0.4) is 0 Å². The molecule has 0 aromatic carbocycles. The zero-order valence-electron chi connectivity index (χ0n) is 23.1. The Morgan fingerprint density at radius 3 is 2.24 bits per heavy atom. The van der Waals surface area contributed by atoms with E-state index in [4.69, 9.17) is 5.11 Å². The fourth-order valence-corrected chi connectivity index (χ4v) is 8.30. The number of carbonyl (C=O) groups is 5.